The van der Waals surface area contributed by atoms with Gasteiger partial charge in [0, 0.05) is 28.6 Å². The highest BCUT2D eigenvalue weighted by Crippen LogP contribution is 2.33. The summed E-state index contributed by atoms with van der Waals surface area (Å²) in [5.74, 6) is 0.173. The molecule has 0 fully saturated rings. The van der Waals surface area contributed by atoms with E-state index < -0.39 is 0 Å². The number of hydrogen-bond donors (Lipinski definition) is 1. The summed E-state index contributed by atoms with van der Waals surface area (Å²) in [6.45, 7) is 1.80. The highest BCUT2D eigenvalue weighted by atomic mass is 32.1. The summed E-state index contributed by atoms with van der Waals surface area (Å²) in [4.78, 5) is 35.0. The van der Waals surface area contributed by atoms with E-state index in [2.05, 4.69) is 15.3 Å². The predicted molar refractivity (Wildman–Crippen MR) is 138 cm³/mol. The van der Waals surface area contributed by atoms with Crippen LogP contribution in [0.15, 0.2) is 91.1 Å². The van der Waals surface area contributed by atoms with Crippen molar-refractivity contribution in [2.45, 2.75) is 6.92 Å². The summed E-state index contributed by atoms with van der Waals surface area (Å²) in [7, 11) is 0. The van der Waals surface area contributed by atoms with Gasteiger partial charge in [0.15, 0.2) is 12.4 Å². The molecule has 5 rings (SSSR count). The summed E-state index contributed by atoms with van der Waals surface area (Å²) in [5.41, 5.74) is 4.61. The molecule has 2 heterocycles. The molecule has 0 spiro atoms. The van der Waals surface area contributed by atoms with E-state index in [9.17, 15) is 9.59 Å². The van der Waals surface area contributed by atoms with Gasteiger partial charge in [0.25, 0.3) is 5.91 Å². The number of nitrogens with zero attached hydrogens (tertiary/aromatic N) is 2. The molecule has 0 saturated carbocycles. The average Bonchev–Trinajstić information content (AvgIpc) is 3.33. The van der Waals surface area contributed by atoms with Crippen molar-refractivity contribution in [3.8, 4) is 16.3 Å². The number of rotatable bonds is 7. The standard InChI is InChI=1S/C28H21N3O3S/c1-18-22(27-31-24-11-6-16-29-28(24)35-27)9-5-10-23(18)30-25(32)17-34-21-14-12-20(13-15-21)26(33)19-7-3-2-4-8-19/h2-16H,17H2,1H3,(H,30,32). The average molecular weight is 480 g/mol. The number of fused-ring (bicyclic) bond motifs is 1. The molecule has 0 unspecified atom stereocenters. The Kier molecular flexibility index (Phi) is 6.32. The van der Waals surface area contributed by atoms with Crippen molar-refractivity contribution in [2.75, 3.05) is 11.9 Å². The lowest BCUT2D eigenvalue weighted by molar-refractivity contribution is -0.118. The lowest BCUT2D eigenvalue weighted by atomic mass is 10.0. The van der Waals surface area contributed by atoms with Crippen molar-refractivity contribution in [1.82, 2.24) is 9.97 Å². The van der Waals surface area contributed by atoms with E-state index >= 15 is 0 Å². The molecule has 0 aliphatic carbocycles. The highest BCUT2D eigenvalue weighted by Gasteiger charge is 2.14. The number of carbonyl (C=O) groups is 2. The molecule has 3 aromatic carbocycles. The van der Waals surface area contributed by atoms with Gasteiger partial charge in [-0.25, -0.2) is 9.97 Å². The Morgan fingerprint density at radius 1 is 0.886 bits per heavy atom. The second kappa shape index (κ2) is 9.87. The number of carbonyl (C=O) groups excluding carboxylic acids is 2. The maximum atomic E-state index is 12.6. The van der Waals surface area contributed by atoms with Gasteiger partial charge in [0.1, 0.15) is 21.1 Å². The summed E-state index contributed by atoms with van der Waals surface area (Å²) in [6, 6.07) is 25.4. The number of amides is 1. The summed E-state index contributed by atoms with van der Waals surface area (Å²) < 4.78 is 5.63. The normalized spacial score (nSPS) is 10.8. The third-order valence-electron chi connectivity index (χ3n) is 5.53. The molecular formula is C28H21N3O3S. The number of anilines is 1. The molecule has 5 aromatic rings. The van der Waals surface area contributed by atoms with Crippen molar-refractivity contribution >= 4 is 39.1 Å². The molecule has 0 atom stereocenters. The van der Waals surface area contributed by atoms with Crippen LogP contribution >= 0.6 is 11.3 Å². The molecule has 35 heavy (non-hydrogen) atoms. The second-order valence-electron chi connectivity index (χ2n) is 7.88. The van der Waals surface area contributed by atoms with Gasteiger partial charge in [-0.05, 0) is 55.0 Å². The lowest BCUT2D eigenvalue weighted by Gasteiger charge is -2.12. The topological polar surface area (TPSA) is 81.2 Å². The number of nitrogens with one attached hydrogen (secondary N) is 1. The van der Waals surface area contributed by atoms with Gasteiger partial charge < -0.3 is 10.1 Å². The smallest absolute Gasteiger partial charge is 0.262 e. The largest absolute Gasteiger partial charge is 0.484 e. The number of thiazole rings is 1. The van der Waals surface area contributed by atoms with Crippen molar-refractivity contribution < 1.29 is 14.3 Å². The summed E-state index contributed by atoms with van der Waals surface area (Å²) >= 11 is 1.52. The monoisotopic (exact) mass is 479 g/mol. The van der Waals surface area contributed by atoms with E-state index in [1.165, 1.54) is 11.3 Å². The van der Waals surface area contributed by atoms with Crippen LogP contribution in [0.5, 0.6) is 5.75 Å². The Morgan fingerprint density at radius 2 is 1.66 bits per heavy atom. The van der Waals surface area contributed by atoms with Gasteiger partial charge in [-0.15, -0.1) is 0 Å². The number of benzene rings is 3. The Hall–Kier alpha value is -4.36. The first-order valence-corrected chi connectivity index (χ1v) is 11.8. The van der Waals surface area contributed by atoms with Crippen molar-refractivity contribution in [3.63, 3.8) is 0 Å². The zero-order chi connectivity index (χ0) is 24.2. The van der Waals surface area contributed by atoms with E-state index in [0.29, 0.717) is 22.6 Å². The number of hydrogen-bond acceptors (Lipinski definition) is 6. The number of ketones is 1. The third-order valence-corrected chi connectivity index (χ3v) is 6.54. The molecule has 2 aromatic heterocycles. The van der Waals surface area contributed by atoms with Crippen LogP contribution in [0.2, 0.25) is 0 Å². The molecule has 0 aliphatic rings. The molecule has 1 N–H and O–H groups in total. The van der Waals surface area contributed by atoms with Crippen LogP contribution < -0.4 is 10.1 Å². The fourth-order valence-electron chi connectivity index (χ4n) is 3.68. The van der Waals surface area contributed by atoms with Crippen LogP contribution in [0.25, 0.3) is 20.9 Å². The molecule has 0 aliphatic heterocycles. The van der Waals surface area contributed by atoms with E-state index in [1.54, 1.807) is 42.6 Å². The zero-order valence-corrected chi connectivity index (χ0v) is 19.7. The maximum absolute atomic E-state index is 12.6. The predicted octanol–water partition coefficient (Wildman–Crippen LogP) is 5.92. The van der Waals surface area contributed by atoms with Crippen LogP contribution in [0.4, 0.5) is 5.69 Å². The third kappa shape index (κ3) is 4.95. The van der Waals surface area contributed by atoms with Gasteiger partial charge >= 0.3 is 0 Å². The van der Waals surface area contributed by atoms with Gasteiger partial charge in [-0.2, -0.15) is 0 Å². The number of aromatic nitrogens is 2. The Morgan fingerprint density at radius 3 is 2.43 bits per heavy atom. The lowest BCUT2D eigenvalue weighted by Crippen LogP contribution is -2.20. The molecule has 172 valence electrons. The molecule has 1 amide bonds. The minimum absolute atomic E-state index is 0.0610. The van der Waals surface area contributed by atoms with Crippen LogP contribution in [0.3, 0.4) is 0 Å². The zero-order valence-electron chi connectivity index (χ0n) is 18.9. The van der Waals surface area contributed by atoms with Gasteiger partial charge in [-0.3, -0.25) is 9.59 Å². The molecular weight excluding hydrogens is 458 g/mol. The Balaban J connectivity index is 1.23. The molecule has 7 heteroatoms. The van der Waals surface area contributed by atoms with Crippen molar-refractivity contribution in [3.05, 3.63) is 108 Å². The molecule has 6 nitrogen and oxygen atoms in total. The Bertz CT molecular complexity index is 1480. The van der Waals surface area contributed by atoms with Crippen LogP contribution in [-0.2, 0) is 4.79 Å². The van der Waals surface area contributed by atoms with Crippen LogP contribution in [0.1, 0.15) is 21.5 Å². The first-order chi connectivity index (χ1) is 17.1. The SMILES string of the molecule is Cc1c(NC(=O)COc2ccc(C(=O)c3ccccc3)cc2)cccc1-c1nc2cccnc2s1. The fourth-order valence-corrected chi connectivity index (χ4v) is 4.67. The van der Waals surface area contributed by atoms with Crippen molar-refractivity contribution in [1.29, 1.82) is 0 Å². The Labute approximate surface area is 206 Å². The number of pyridine rings is 1. The van der Waals surface area contributed by atoms with Crippen molar-refractivity contribution in [2.24, 2.45) is 0 Å². The first kappa shape index (κ1) is 22.4. The van der Waals surface area contributed by atoms with Crippen LogP contribution in [0, 0.1) is 6.92 Å². The maximum Gasteiger partial charge on any atom is 0.262 e. The highest BCUT2D eigenvalue weighted by molar-refractivity contribution is 7.21. The first-order valence-electron chi connectivity index (χ1n) is 11.0. The quantitative estimate of drug-likeness (QED) is 0.293. The van der Waals surface area contributed by atoms with E-state index in [-0.39, 0.29) is 18.3 Å². The van der Waals surface area contributed by atoms with Gasteiger partial charge in [0.2, 0.25) is 0 Å². The summed E-state index contributed by atoms with van der Waals surface area (Å²) in [5, 5.41) is 3.77. The van der Waals surface area contributed by atoms with E-state index in [4.69, 9.17) is 4.74 Å². The number of ether oxygens (including phenoxy) is 1. The minimum atomic E-state index is -0.277. The van der Waals surface area contributed by atoms with E-state index in [1.807, 2.05) is 55.5 Å². The van der Waals surface area contributed by atoms with Crippen LogP contribution in [-0.4, -0.2) is 28.3 Å². The van der Waals surface area contributed by atoms with E-state index in [0.717, 1.165) is 26.5 Å². The summed E-state index contributed by atoms with van der Waals surface area (Å²) in [6.07, 6.45) is 1.75. The second-order valence-corrected chi connectivity index (χ2v) is 8.86. The molecule has 0 saturated heterocycles. The van der Waals surface area contributed by atoms with Gasteiger partial charge in [-0.1, -0.05) is 53.8 Å². The minimum Gasteiger partial charge on any atom is -0.484 e. The molecule has 0 radical (unpaired) electrons. The van der Waals surface area contributed by atoms with Gasteiger partial charge in [0.05, 0.1) is 0 Å². The fraction of sp³-hybridized carbons (Fsp3) is 0.0714. The molecule has 0 bridgehead atoms.